The molecule has 0 bridgehead atoms. The number of hydrogen-bond acceptors (Lipinski definition) is 6. The van der Waals surface area contributed by atoms with E-state index < -0.39 is 17.6 Å². The summed E-state index contributed by atoms with van der Waals surface area (Å²) < 4.78 is 63.3. The molecular formula is C26H23F4N5OS. The van der Waals surface area contributed by atoms with Gasteiger partial charge in [-0.2, -0.15) is 18.3 Å². The highest BCUT2D eigenvalue weighted by Crippen LogP contribution is 2.46. The molecule has 3 aliphatic rings. The van der Waals surface area contributed by atoms with E-state index in [1.54, 1.807) is 0 Å². The molecule has 0 N–H and O–H groups in total. The van der Waals surface area contributed by atoms with Gasteiger partial charge in [-0.05, 0) is 56.7 Å². The summed E-state index contributed by atoms with van der Waals surface area (Å²) in [7, 11) is 0. The van der Waals surface area contributed by atoms with Crippen molar-refractivity contribution in [3.8, 4) is 11.3 Å². The number of alkyl halides is 3. The maximum absolute atomic E-state index is 15.1. The third kappa shape index (κ3) is 4.41. The van der Waals surface area contributed by atoms with Gasteiger partial charge in [0.05, 0.1) is 34.6 Å². The van der Waals surface area contributed by atoms with Crippen molar-refractivity contribution in [1.29, 1.82) is 0 Å². The van der Waals surface area contributed by atoms with Gasteiger partial charge >= 0.3 is 6.18 Å². The molecule has 192 valence electrons. The summed E-state index contributed by atoms with van der Waals surface area (Å²) >= 11 is 1.41. The van der Waals surface area contributed by atoms with E-state index in [2.05, 4.69) is 5.10 Å². The monoisotopic (exact) mass is 529 g/mol. The lowest BCUT2D eigenvalue weighted by molar-refractivity contribution is -0.137. The molecule has 2 atom stereocenters. The Balaban J connectivity index is 1.27. The predicted molar refractivity (Wildman–Crippen MR) is 129 cm³/mol. The highest BCUT2D eigenvalue weighted by Gasteiger charge is 2.34. The van der Waals surface area contributed by atoms with Gasteiger partial charge in [-0.25, -0.2) is 19.3 Å². The van der Waals surface area contributed by atoms with Crippen molar-refractivity contribution in [3.05, 3.63) is 58.4 Å². The van der Waals surface area contributed by atoms with Gasteiger partial charge in [0.1, 0.15) is 16.3 Å². The van der Waals surface area contributed by atoms with E-state index in [9.17, 15) is 13.2 Å². The lowest BCUT2D eigenvalue weighted by Crippen LogP contribution is -2.20. The van der Waals surface area contributed by atoms with Crippen LogP contribution in [0.25, 0.3) is 21.6 Å². The van der Waals surface area contributed by atoms with Crippen LogP contribution in [0.4, 0.5) is 17.6 Å². The molecular weight excluding hydrogens is 506 g/mol. The highest BCUT2D eigenvalue weighted by atomic mass is 32.1. The Labute approximate surface area is 213 Å². The number of aromatic nitrogens is 5. The van der Waals surface area contributed by atoms with Crippen molar-refractivity contribution in [2.45, 2.75) is 68.7 Å². The van der Waals surface area contributed by atoms with Gasteiger partial charge in [-0.1, -0.05) is 0 Å². The molecule has 3 fully saturated rings. The number of nitrogens with zero attached hydrogens (tertiary/aromatic N) is 5. The summed E-state index contributed by atoms with van der Waals surface area (Å²) in [4.78, 5) is 14.3. The minimum atomic E-state index is -4.63. The van der Waals surface area contributed by atoms with Gasteiger partial charge < -0.3 is 4.74 Å². The standard InChI is InChI=1S/C26H23F4N5OS/c27-19-10-16(26(28,29)30)3-6-18(19)21-22-24(34-25(37-22)13-1-2-13)33-23(32-21)14-7-8-36-20(9-14)15-11-31-35(12-15)17-4-5-17/h3,6,10-14,17,20H,1-2,4-5,7-9H2/t14?,20-/m1/s1. The second kappa shape index (κ2) is 8.56. The van der Waals surface area contributed by atoms with E-state index in [0.29, 0.717) is 59.3 Å². The van der Waals surface area contributed by atoms with E-state index in [1.807, 2.05) is 17.1 Å². The zero-order chi connectivity index (χ0) is 25.3. The number of fused-ring (bicyclic) bond motifs is 1. The Bertz CT molecular complexity index is 1490. The third-order valence-electron chi connectivity index (χ3n) is 7.33. The van der Waals surface area contributed by atoms with Gasteiger partial charge in [-0.3, -0.25) is 4.68 Å². The topological polar surface area (TPSA) is 65.7 Å². The molecule has 0 radical (unpaired) electrons. The molecule has 0 spiro atoms. The van der Waals surface area contributed by atoms with Crippen molar-refractivity contribution in [3.63, 3.8) is 0 Å². The maximum Gasteiger partial charge on any atom is 0.416 e. The van der Waals surface area contributed by atoms with E-state index in [0.717, 1.165) is 42.3 Å². The van der Waals surface area contributed by atoms with E-state index in [-0.39, 0.29) is 17.6 Å². The zero-order valence-electron chi connectivity index (χ0n) is 19.7. The molecule has 4 heterocycles. The van der Waals surface area contributed by atoms with Crippen molar-refractivity contribution in [1.82, 2.24) is 24.7 Å². The molecule has 6 nitrogen and oxygen atoms in total. The summed E-state index contributed by atoms with van der Waals surface area (Å²) in [5, 5.41) is 5.40. The summed E-state index contributed by atoms with van der Waals surface area (Å²) in [5.74, 6) is -0.130. The Morgan fingerprint density at radius 1 is 1.00 bits per heavy atom. The quantitative estimate of drug-likeness (QED) is 0.262. The first-order valence-corrected chi connectivity index (χ1v) is 13.4. The fraction of sp³-hybridized carbons (Fsp3) is 0.462. The molecule has 1 saturated heterocycles. The van der Waals surface area contributed by atoms with Crippen LogP contribution in [0.2, 0.25) is 0 Å². The Kier molecular flexibility index (Phi) is 5.37. The average molecular weight is 530 g/mol. The van der Waals surface area contributed by atoms with Crippen LogP contribution in [-0.2, 0) is 10.9 Å². The fourth-order valence-corrected chi connectivity index (χ4v) is 6.11. The van der Waals surface area contributed by atoms with Crippen LogP contribution in [0, 0.1) is 5.82 Å². The number of rotatable bonds is 5. The Morgan fingerprint density at radius 2 is 1.84 bits per heavy atom. The minimum absolute atomic E-state index is 0.0296. The van der Waals surface area contributed by atoms with Crippen LogP contribution >= 0.6 is 11.3 Å². The molecule has 0 amide bonds. The van der Waals surface area contributed by atoms with Crippen LogP contribution in [0.1, 0.15) is 84.5 Å². The molecule has 2 aliphatic carbocycles. The molecule has 3 aromatic heterocycles. The van der Waals surface area contributed by atoms with Crippen LogP contribution < -0.4 is 0 Å². The van der Waals surface area contributed by atoms with Crippen LogP contribution in [0.15, 0.2) is 30.6 Å². The van der Waals surface area contributed by atoms with E-state index in [4.69, 9.17) is 19.7 Å². The summed E-state index contributed by atoms with van der Waals surface area (Å²) in [6.07, 6.45) is 4.80. The van der Waals surface area contributed by atoms with Gasteiger partial charge in [0.2, 0.25) is 0 Å². The first-order valence-electron chi connectivity index (χ1n) is 12.5. The van der Waals surface area contributed by atoms with Crippen molar-refractivity contribution < 1.29 is 22.3 Å². The fourth-order valence-electron chi connectivity index (χ4n) is 4.93. The zero-order valence-corrected chi connectivity index (χ0v) is 20.5. The number of halogens is 4. The number of ether oxygens (including phenoxy) is 1. The van der Waals surface area contributed by atoms with Gasteiger partial charge in [0, 0.05) is 35.8 Å². The molecule has 2 saturated carbocycles. The SMILES string of the molecule is Fc1cc(C(F)(F)F)ccc1-c1nc(C2CCO[C@@H](c3cnn(C4CC4)c3)C2)nc2nc(C3CC3)sc12. The lowest BCUT2D eigenvalue weighted by Gasteiger charge is -2.28. The summed E-state index contributed by atoms with van der Waals surface area (Å²) in [6.45, 7) is 0.514. The first kappa shape index (κ1) is 23.2. The van der Waals surface area contributed by atoms with Crippen molar-refractivity contribution in [2.24, 2.45) is 0 Å². The predicted octanol–water partition coefficient (Wildman–Crippen LogP) is 6.96. The van der Waals surface area contributed by atoms with Crippen LogP contribution in [-0.4, -0.2) is 31.3 Å². The van der Waals surface area contributed by atoms with Gasteiger partial charge in [0.15, 0.2) is 5.65 Å². The normalized spacial score (nSPS) is 22.6. The van der Waals surface area contributed by atoms with Crippen molar-refractivity contribution >= 4 is 21.7 Å². The van der Waals surface area contributed by atoms with Gasteiger partial charge in [0.25, 0.3) is 0 Å². The maximum atomic E-state index is 15.1. The largest absolute Gasteiger partial charge is 0.416 e. The highest BCUT2D eigenvalue weighted by molar-refractivity contribution is 7.19. The lowest BCUT2D eigenvalue weighted by atomic mass is 9.92. The van der Waals surface area contributed by atoms with Crippen molar-refractivity contribution in [2.75, 3.05) is 6.61 Å². The molecule has 1 aliphatic heterocycles. The van der Waals surface area contributed by atoms with Crippen LogP contribution in [0.5, 0.6) is 0 Å². The average Bonchev–Trinajstić information content (AvgIpc) is 3.82. The second-order valence-electron chi connectivity index (χ2n) is 10.2. The Hall–Kier alpha value is -2.92. The minimum Gasteiger partial charge on any atom is -0.373 e. The summed E-state index contributed by atoms with van der Waals surface area (Å²) in [5.41, 5.74) is 0.801. The number of hydrogen-bond donors (Lipinski definition) is 0. The molecule has 11 heteroatoms. The molecule has 4 aromatic rings. The smallest absolute Gasteiger partial charge is 0.373 e. The number of thiazole rings is 1. The second-order valence-corrected chi connectivity index (χ2v) is 11.2. The van der Waals surface area contributed by atoms with Crippen LogP contribution in [0.3, 0.4) is 0 Å². The van der Waals surface area contributed by atoms with Gasteiger partial charge in [-0.15, -0.1) is 11.3 Å². The number of benzene rings is 1. The third-order valence-corrected chi connectivity index (χ3v) is 8.54. The molecule has 1 aromatic carbocycles. The van der Waals surface area contributed by atoms with E-state index >= 15 is 4.39 Å². The van der Waals surface area contributed by atoms with E-state index in [1.165, 1.54) is 17.4 Å². The molecule has 1 unspecified atom stereocenters. The summed E-state index contributed by atoms with van der Waals surface area (Å²) in [6, 6.07) is 3.08. The molecule has 37 heavy (non-hydrogen) atoms. The first-order chi connectivity index (χ1) is 17.8. The molecule has 7 rings (SSSR count). The Morgan fingerprint density at radius 3 is 2.57 bits per heavy atom.